The third kappa shape index (κ3) is 6.89. The van der Waals surface area contributed by atoms with E-state index in [0.29, 0.717) is 50.2 Å². The van der Waals surface area contributed by atoms with Crippen LogP contribution in [-0.2, 0) is 24.5 Å². The molecule has 13 heteroatoms. The zero-order chi connectivity index (χ0) is 31.1. The molecule has 1 fully saturated rings. The number of amides is 2. The monoisotopic (exact) mass is 609 g/mol. The van der Waals surface area contributed by atoms with Gasteiger partial charge >= 0.3 is 12.1 Å². The van der Waals surface area contributed by atoms with Crippen LogP contribution in [0, 0.1) is 10.1 Å². The van der Waals surface area contributed by atoms with Crippen molar-refractivity contribution in [3.05, 3.63) is 75.8 Å². The number of carbonyl (C=O) groups excluding carboxylic acids is 3. The molecule has 0 saturated carbocycles. The van der Waals surface area contributed by atoms with Crippen molar-refractivity contribution in [1.29, 1.82) is 0 Å². The highest BCUT2D eigenvalue weighted by Crippen LogP contribution is 2.37. The van der Waals surface area contributed by atoms with Gasteiger partial charge in [-0.25, -0.2) is 14.7 Å². The predicted octanol–water partition coefficient (Wildman–Crippen LogP) is 3.94. The van der Waals surface area contributed by atoms with Crippen LogP contribution in [0.25, 0.3) is 0 Å². The minimum absolute atomic E-state index is 0.0631. The zero-order valence-electron chi connectivity index (χ0n) is 24.4. The topological polar surface area (TPSA) is 144 Å². The fraction of sp³-hybridized carbons (Fsp3) is 0.433. The first kappa shape index (κ1) is 31.7. The van der Waals surface area contributed by atoms with E-state index in [1.165, 1.54) is 26.4 Å². The van der Waals surface area contributed by atoms with Gasteiger partial charge in [-0.15, -0.1) is 0 Å². The summed E-state index contributed by atoms with van der Waals surface area (Å²) in [7, 11) is 2.61. The van der Waals surface area contributed by atoms with Crippen molar-refractivity contribution in [2.24, 2.45) is 4.99 Å². The van der Waals surface area contributed by atoms with Gasteiger partial charge in [-0.2, -0.15) is 0 Å². The number of nitrogens with one attached hydrogen (secondary N) is 1. The van der Waals surface area contributed by atoms with Gasteiger partial charge in [0.15, 0.2) is 5.11 Å². The molecule has 0 spiro atoms. The summed E-state index contributed by atoms with van der Waals surface area (Å²) in [5, 5.41) is 14.4. The van der Waals surface area contributed by atoms with Gasteiger partial charge in [0, 0.05) is 24.3 Å². The third-order valence-electron chi connectivity index (χ3n) is 8.16. The van der Waals surface area contributed by atoms with Crippen LogP contribution in [0.15, 0.2) is 59.6 Å². The Balaban J connectivity index is 1.45. The van der Waals surface area contributed by atoms with E-state index in [4.69, 9.17) is 21.7 Å². The smallest absolute Gasteiger partial charge is 0.416 e. The largest absolute Gasteiger partial charge is 0.468 e. The quantitative estimate of drug-likeness (QED) is 0.192. The standard InChI is InChI=1S/C30H35N5O7S/c1-20-26(25(32-28(43)31-20)21-11-13-23(14-12-21)35(39)40)34(29(38)42-3)24(36)10-7-17-33-18-15-30(16-19-33,27(37)41-2)22-8-5-4-6-9-22/h4-6,8-9,11-14,25-26H,7,10,15-19H2,1-3H3,(H,32,43). The van der Waals surface area contributed by atoms with Gasteiger partial charge < -0.3 is 19.7 Å². The van der Waals surface area contributed by atoms with E-state index >= 15 is 0 Å². The van der Waals surface area contributed by atoms with Gasteiger partial charge in [0.25, 0.3) is 5.69 Å². The Morgan fingerprint density at radius 1 is 1.09 bits per heavy atom. The van der Waals surface area contributed by atoms with Crippen LogP contribution in [0.3, 0.4) is 0 Å². The number of piperidine rings is 1. The van der Waals surface area contributed by atoms with E-state index in [2.05, 4.69) is 15.2 Å². The van der Waals surface area contributed by atoms with E-state index in [0.717, 1.165) is 10.5 Å². The van der Waals surface area contributed by atoms with E-state index in [-0.39, 0.29) is 23.2 Å². The number of likely N-dealkylation sites (tertiary alicyclic amines) is 1. The highest BCUT2D eigenvalue weighted by Gasteiger charge is 2.44. The first-order valence-corrected chi connectivity index (χ1v) is 14.4. The molecule has 0 bridgehead atoms. The van der Waals surface area contributed by atoms with Gasteiger partial charge in [-0.3, -0.25) is 19.7 Å². The van der Waals surface area contributed by atoms with Crippen LogP contribution in [-0.4, -0.2) is 83.4 Å². The summed E-state index contributed by atoms with van der Waals surface area (Å²) in [6.07, 6.45) is 0.876. The lowest BCUT2D eigenvalue weighted by atomic mass is 9.72. The summed E-state index contributed by atoms with van der Waals surface area (Å²) in [6, 6.07) is 13.9. The molecule has 4 rings (SSSR count). The summed E-state index contributed by atoms with van der Waals surface area (Å²) in [4.78, 5) is 57.6. The molecule has 1 saturated heterocycles. The maximum atomic E-state index is 13.6. The molecule has 2 aliphatic rings. The number of carbonyl (C=O) groups is 3. The highest BCUT2D eigenvalue weighted by molar-refractivity contribution is 7.80. The summed E-state index contributed by atoms with van der Waals surface area (Å²) in [5.41, 5.74) is 1.17. The number of benzene rings is 2. The molecule has 2 heterocycles. The molecule has 2 aromatic carbocycles. The lowest BCUT2D eigenvalue weighted by molar-refractivity contribution is -0.384. The normalized spacial score (nSPS) is 19.9. The summed E-state index contributed by atoms with van der Waals surface area (Å²) < 4.78 is 10.2. The van der Waals surface area contributed by atoms with E-state index < -0.39 is 34.4 Å². The average Bonchev–Trinajstić information content (AvgIpc) is 3.02. The molecule has 2 aliphatic heterocycles. The van der Waals surface area contributed by atoms with Crippen molar-refractivity contribution in [3.63, 3.8) is 0 Å². The maximum absolute atomic E-state index is 13.6. The average molecular weight is 610 g/mol. The van der Waals surface area contributed by atoms with Gasteiger partial charge in [0.1, 0.15) is 6.04 Å². The van der Waals surface area contributed by atoms with Crippen LogP contribution in [0.2, 0.25) is 0 Å². The number of aliphatic imine (C=N–C) groups is 1. The number of hydrogen-bond acceptors (Lipinski definition) is 9. The first-order valence-electron chi connectivity index (χ1n) is 14.0. The van der Waals surface area contributed by atoms with Crippen molar-refractivity contribution >= 4 is 46.7 Å². The van der Waals surface area contributed by atoms with E-state index in [1.807, 2.05) is 30.3 Å². The zero-order valence-corrected chi connectivity index (χ0v) is 25.2. The van der Waals surface area contributed by atoms with Crippen LogP contribution in [0.5, 0.6) is 0 Å². The third-order valence-corrected chi connectivity index (χ3v) is 8.37. The molecule has 1 N–H and O–H groups in total. The van der Waals surface area contributed by atoms with E-state index in [9.17, 15) is 24.5 Å². The molecule has 12 nitrogen and oxygen atoms in total. The molecule has 43 heavy (non-hydrogen) atoms. The van der Waals surface area contributed by atoms with Crippen LogP contribution < -0.4 is 5.32 Å². The Kier molecular flexibility index (Phi) is 10.2. The molecule has 2 unspecified atom stereocenters. The summed E-state index contributed by atoms with van der Waals surface area (Å²) >= 11 is 5.28. The number of esters is 1. The van der Waals surface area contributed by atoms with Crippen molar-refractivity contribution in [2.75, 3.05) is 33.9 Å². The fourth-order valence-electron chi connectivity index (χ4n) is 5.88. The molecule has 0 aromatic heterocycles. The second-order valence-electron chi connectivity index (χ2n) is 10.6. The SMILES string of the molecule is COC(=O)N(C(=O)CCCN1CCC(C(=O)OC)(c2ccccc2)CC1)C1C(C)=NC(=S)NC1c1ccc([N+](=O)[O-])cc1. The minimum atomic E-state index is -0.866. The first-order chi connectivity index (χ1) is 20.6. The number of hydrogen-bond donors (Lipinski definition) is 1. The van der Waals surface area contributed by atoms with E-state index in [1.54, 1.807) is 19.1 Å². The Morgan fingerprint density at radius 2 is 1.74 bits per heavy atom. The predicted molar refractivity (Wildman–Crippen MR) is 163 cm³/mol. The van der Waals surface area contributed by atoms with Gasteiger partial charge in [0.2, 0.25) is 5.91 Å². The van der Waals surface area contributed by atoms with Gasteiger partial charge in [-0.1, -0.05) is 42.5 Å². The number of nitro benzene ring substituents is 1. The lowest BCUT2D eigenvalue weighted by Gasteiger charge is -2.40. The Bertz CT molecular complexity index is 1390. The second-order valence-corrected chi connectivity index (χ2v) is 11.0. The molecule has 0 radical (unpaired) electrons. The molecule has 2 amide bonds. The van der Waals surface area contributed by atoms with Crippen molar-refractivity contribution in [2.45, 2.75) is 50.1 Å². The number of nitro groups is 1. The number of methoxy groups -OCH3 is 2. The number of thiocarbonyl (C=S) groups is 1. The number of imide groups is 1. The van der Waals surface area contributed by atoms with Crippen molar-refractivity contribution in [3.8, 4) is 0 Å². The molecular weight excluding hydrogens is 574 g/mol. The second kappa shape index (κ2) is 13.8. The Hall–Kier alpha value is -4.23. The number of ether oxygens (including phenoxy) is 2. The highest BCUT2D eigenvalue weighted by atomic mass is 32.1. The van der Waals surface area contributed by atoms with Crippen LogP contribution >= 0.6 is 12.2 Å². The van der Waals surface area contributed by atoms with Gasteiger partial charge in [-0.05, 0) is 69.2 Å². The number of non-ortho nitro benzene ring substituents is 1. The molecular formula is C30H35N5O7S. The van der Waals surface area contributed by atoms with Gasteiger partial charge in [0.05, 0.1) is 30.6 Å². The minimum Gasteiger partial charge on any atom is -0.468 e. The van der Waals surface area contributed by atoms with Crippen molar-refractivity contribution < 1.29 is 28.8 Å². The summed E-state index contributed by atoms with van der Waals surface area (Å²) in [5.74, 6) is -0.694. The summed E-state index contributed by atoms with van der Waals surface area (Å²) in [6.45, 7) is 3.57. The number of rotatable bonds is 9. The van der Waals surface area contributed by atoms with Crippen LogP contribution in [0.1, 0.15) is 49.8 Å². The molecule has 228 valence electrons. The molecule has 0 aliphatic carbocycles. The Morgan fingerprint density at radius 3 is 2.33 bits per heavy atom. The number of nitrogens with zero attached hydrogens (tertiary/aromatic N) is 4. The van der Waals surface area contributed by atoms with Crippen LogP contribution in [0.4, 0.5) is 10.5 Å². The fourth-order valence-corrected chi connectivity index (χ4v) is 6.15. The van der Waals surface area contributed by atoms with Crippen molar-refractivity contribution in [1.82, 2.24) is 15.1 Å². The molecule has 2 atom stereocenters. The maximum Gasteiger partial charge on any atom is 0.416 e. The Labute approximate surface area is 255 Å². The lowest BCUT2D eigenvalue weighted by Crippen LogP contribution is -2.57. The molecule has 2 aromatic rings.